The molecular formula is C12H15N3O3. The zero-order chi connectivity index (χ0) is 13.0. The molecule has 0 atom stereocenters. The van der Waals surface area contributed by atoms with Crippen molar-refractivity contribution in [2.24, 2.45) is 5.73 Å². The van der Waals surface area contributed by atoms with Gasteiger partial charge in [0.15, 0.2) is 11.5 Å². The van der Waals surface area contributed by atoms with Crippen molar-refractivity contribution < 1.29 is 13.9 Å². The summed E-state index contributed by atoms with van der Waals surface area (Å²) in [5, 5.41) is 7.72. The fourth-order valence-corrected chi connectivity index (χ4v) is 1.61. The second-order valence-electron chi connectivity index (χ2n) is 3.66. The summed E-state index contributed by atoms with van der Waals surface area (Å²) in [6, 6.07) is 5.65. The largest absolute Gasteiger partial charge is 0.493 e. The summed E-state index contributed by atoms with van der Waals surface area (Å²) in [4.78, 5) is 0. The maximum absolute atomic E-state index is 5.41. The number of methoxy groups -OCH3 is 2. The van der Waals surface area contributed by atoms with Gasteiger partial charge < -0.3 is 19.6 Å². The molecule has 0 aliphatic carbocycles. The Hall–Kier alpha value is -2.08. The molecule has 2 N–H and O–H groups in total. The van der Waals surface area contributed by atoms with Crippen molar-refractivity contribution in [3.05, 3.63) is 35.5 Å². The van der Waals surface area contributed by atoms with Gasteiger partial charge in [-0.2, -0.15) is 0 Å². The number of hydrogen-bond acceptors (Lipinski definition) is 6. The summed E-state index contributed by atoms with van der Waals surface area (Å²) >= 11 is 0. The van der Waals surface area contributed by atoms with E-state index in [2.05, 4.69) is 10.2 Å². The van der Waals surface area contributed by atoms with Crippen LogP contribution in [0.3, 0.4) is 0 Å². The average molecular weight is 249 g/mol. The second kappa shape index (κ2) is 5.50. The average Bonchev–Trinajstić information content (AvgIpc) is 2.86. The van der Waals surface area contributed by atoms with E-state index in [4.69, 9.17) is 19.6 Å². The number of aromatic nitrogens is 2. The van der Waals surface area contributed by atoms with E-state index in [0.29, 0.717) is 29.7 Å². The minimum atomic E-state index is 0.249. The predicted octanol–water partition coefficient (Wildman–Crippen LogP) is 1.14. The first-order valence-electron chi connectivity index (χ1n) is 5.49. The van der Waals surface area contributed by atoms with Gasteiger partial charge in [0, 0.05) is 0 Å². The molecule has 0 aliphatic rings. The van der Waals surface area contributed by atoms with Crippen LogP contribution in [-0.2, 0) is 13.0 Å². The molecule has 2 aromatic rings. The molecule has 0 saturated heterocycles. The predicted molar refractivity (Wildman–Crippen MR) is 64.5 cm³/mol. The third-order valence-corrected chi connectivity index (χ3v) is 2.49. The van der Waals surface area contributed by atoms with E-state index >= 15 is 0 Å². The summed E-state index contributed by atoms with van der Waals surface area (Å²) < 4.78 is 15.7. The fraction of sp³-hybridized carbons (Fsp3) is 0.333. The number of benzene rings is 1. The van der Waals surface area contributed by atoms with E-state index in [1.54, 1.807) is 14.2 Å². The molecule has 2 rings (SSSR count). The fourth-order valence-electron chi connectivity index (χ4n) is 1.61. The van der Waals surface area contributed by atoms with Crippen molar-refractivity contribution in [3.8, 4) is 11.5 Å². The lowest BCUT2D eigenvalue weighted by molar-refractivity contribution is 0.354. The quantitative estimate of drug-likeness (QED) is 0.855. The Morgan fingerprint density at radius 3 is 2.44 bits per heavy atom. The first-order valence-corrected chi connectivity index (χ1v) is 5.49. The number of rotatable bonds is 5. The zero-order valence-corrected chi connectivity index (χ0v) is 10.3. The van der Waals surface area contributed by atoms with E-state index in [0.717, 1.165) is 5.56 Å². The Labute approximate surface area is 105 Å². The van der Waals surface area contributed by atoms with Crippen LogP contribution in [0.5, 0.6) is 11.5 Å². The van der Waals surface area contributed by atoms with Gasteiger partial charge in [-0.25, -0.2) is 0 Å². The Balaban J connectivity index is 2.18. The molecular weight excluding hydrogens is 234 g/mol. The molecule has 96 valence electrons. The van der Waals surface area contributed by atoms with Crippen molar-refractivity contribution >= 4 is 0 Å². The van der Waals surface area contributed by atoms with Crippen molar-refractivity contribution in [1.82, 2.24) is 10.2 Å². The van der Waals surface area contributed by atoms with E-state index in [-0.39, 0.29) is 6.54 Å². The van der Waals surface area contributed by atoms with E-state index in [1.165, 1.54) is 0 Å². The highest BCUT2D eigenvalue weighted by molar-refractivity contribution is 5.43. The Morgan fingerprint density at radius 1 is 1.11 bits per heavy atom. The molecule has 0 unspecified atom stereocenters. The van der Waals surface area contributed by atoms with Crippen molar-refractivity contribution in [3.63, 3.8) is 0 Å². The number of nitrogens with two attached hydrogens (primary N) is 1. The van der Waals surface area contributed by atoms with Crippen LogP contribution < -0.4 is 15.2 Å². The van der Waals surface area contributed by atoms with Crippen LogP contribution >= 0.6 is 0 Å². The lowest BCUT2D eigenvalue weighted by atomic mass is 10.1. The van der Waals surface area contributed by atoms with Gasteiger partial charge in [-0.1, -0.05) is 6.07 Å². The Bertz CT molecular complexity index is 525. The number of nitrogens with zero attached hydrogens (tertiary/aromatic N) is 2. The molecule has 1 aromatic heterocycles. The summed E-state index contributed by atoms with van der Waals surface area (Å²) in [7, 11) is 3.20. The number of ether oxygens (including phenoxy) is 2. The van der Waals surface area contributed by atoms with Crippen LogP contribution in [-0.4, -0.2) is 24.4 Å². The van der Waals surface area contributed by atoms with Crippen LogP contribution in [0.15, 0.2) is 22.6 Å². The topological polar surface area (TPSA) is 83.4 Å². The van der Waals surface area contributed by atoms with Crippen molar-refractivity contribution in [2.75, 3.05) is 14.2 Å². The van der Waals surface area contributed by atoms with Crippen LogP contribution in [0.2, 0.25) is 0 Å². The first kappa shape index (κ1) is 12.4. The lowest BCUT2D eigenvalue weighted by Crippen LogP contribution is -1.95. The van der Waals surface area contributed by atoms with Gasteiger partial charge in [0.05, 0.1) is 27.2 Å². The molecule has 0 radical (unpaired) electrons. The van der Waals surface area contributed by atoms with Gasteiger partial charge in [0.1, 0.15) is 0 Å². The third kappa shape index (κ3) is 2.60. The lowest BCUT2D eigenvalue weighted by Gasteiger charge is -2.08. The molecule has 0 amide bonds. The standard InChI is InChI=1S/C12H15N3O3/c1-16-9-4-3-8(5-10(9)17-2)6-11-14-15-12(7-13)18-11/h3-5H,6-7,13H2,1-2H3. The van der Waals surface area contributed by atoms with Gasteiger partial charge >= 0.3 is 0 Å². The van der Waals surface area contributed by atoms with Gasteiger partial charge in [-0.05, 0) is 17.7 Å². The maximum atomic E-state index is 5.41. The first-order chi connectivity index (χ1) is 8.76. The second-order valence-corrected chi connectivity index (χ2v) is 3.66. The molecule has 1 aromatic carbocycles. The van der Waals surface area contributed by atoms with Crippen molar-refractivity contribution in [2.45, 2.75) is 13.0 Å². The highest BCUT2D eigenvalue weighted by Crippen LogP contribution is 2.28. The normalized spacial score (nSPS) is 10.4. The molecule has 0 bridgehead atoms. The molecule has 0 fully saturated rings. The van der Waals surface area contributed by atoms with Gasteiger partial charge in [0.2, 0.25) is 11.8 Å². The summed E-state index contributed by atoms with van der Waals surface area (Å²) in [6.45, 7) is 0.249. The van der Waals surface area contributed by atoms with Crippen LogP contribution in [0.1, 0.15) is 17.3 Å². The molecule has 0 aliphatic heterocycles. The van der Waals surface area contributed by atoms with E-state index in [9.17, 15) is 0 Å². The molecule has 0 saturated carbocycles. The van der Waals surface area contributed by atoms with Crippen molar-refractivity contribution in [1.29, 1.82) is 0 Å². The molecule has 18 heavy (non-hydrogen) atoms. The van der Waals surface area contributed by atoms with Crippen LogP contribution in [0.25, 0.3) is 0 Å². The van der Waals surface area contributed by atoms with Gasteiger partial charge in [0.25, 0.3) is 0 Å². The van der Waals surface area contributed by atoms with E-state index in [1.807, 2.05) is 18.2 Å². The van der Waals surface area contributed by atoms with E-state index < -0.39 is 0 Å². The van der Waals surface area contributed by atoms with Crippen LogP contribution in [0, 0.1) is 0 Å². The smallest absolute Gasteiger partial charge is 0.230 e. The highest BCUT2D eigenvalue weighted by atomic mass is 16.5. The van der Waals surface area contributed by atoms with Gasteiger partial charge in [-0.3, -0.25) is 0 Å². The zero-order valence-electron chi connectivity index (χ0n) is 10.3. The summed E-state index contributed by atoms with van der Waals surface area (Å²) in [5.74, 6) is 2.33. The molecule has 0 spiro atoms. The Morgan fingerprint density at radius 2 is 1.83 bits per heavy atom. The Kier molecular flexibility index (Phi) is 3.78. The van der Waals surface area contributed by atoms with Gasteiger partial charge in [-0.15, -0.1) is 10.2 Å². The van der Waals surface area contributed by atoms with Crippen LogP contribution in [0.4, 0.5) is 0 Å². The minimum absolute atomic E-state index is 0.249. The molecule has 6 nitrogen and oxygen atoms in total. The number of hydrogen-bond donors (Lipinski definition) is 1. The highest BCUT2D eigenvalue weighted by Gasteiger charge is 2.09. The third-order valence-electron chi connectivity index (χ3n) is 2.49. The molecule has 1 heterocycles. The summed E-state index contributed by atoms with van der Waals surface area (Å²) in [5.41, 5.74) is 6.41. The maximum Gasteiger partial charge on any atom is 0.230 e. The SMILES string of the molecule is COc1ccc(Cc2nnc(CN)o2)cc1OC. The monoisotopic (exact) mass is 249 g/mol. The summed E-state index contributed by atoms with van der Waals surface area (Å²) in [6.07, 6.45) is 0.535. The molecule has 6 heteroatoms. The minimum Gasteiger partial charge on any atom is -0.493 e.